The molecule has 2 aromatic carbocycles. The van der Waals surface area contributed by atoms with Crippen LogP contribution in [0.25, 0.3) is 11.3 Å². The lowest BCUT2D eigenvalue weighted by Crippen LogP contribution is -2.41. The molecular formula is C25H25N5O. The summed E-state index contributed by atoms with van der Waals surface area (Å²) in [5.41, 5.74) is 3.13. The number of carbonyl (C=O) groups is 1. The zero-order valence-corrected chi connectivity index (χ0v) is 17.3. The Labute approximate surface area is 182 Å². The summed E-state index contributed by atoms with van der Waals surface area (Å²) >= 11 is 0. The minimum atomic E-state index is -0.0185. The van der Waals surface area contributed by atoms with Crippen LogP contribution < -0.4 is 4.90 Å². The Morgan fingerprint density at radius 2 is 1.61 bits per heavy atom. The molecule has 31 heavy (non-hydrogen) atoms. The minimum Gasteiger partial charge on any atom is -0.341 e. The van der Waals surface area contributed by atoms with Crippen LogP contribution in [0.15, 0.2) is 78.0 Å². The number of aromatic nitrogens is 2. The van der Waals surface area contributed by atoms with E-state index in [0.29, 0.717) is 0 Å². The molecule has 0 bridgehead atoms. The van der Waals surface area contributed by atoms with Crippen LogP contribution in [-0.2, 0) is 4.79 Å². The molecule has 5 rings (SSSR count). The molecule has 1 saturated heterocycles. The van der Waals surface area contributed by atoms with Gasteiger partial charge >= 0.3 is 0 Å². The molecule has 1 aromatic heterocycles. The average Bonchev–Trinajstić information content (AvgIpc) is 3.35. The predicted octanol–water partition coefficient (Wildman–Crippen LogP) is 4.32. The quantitative estimate of drug-likeness (QED) is 0.641. The van der Waals surface area contributed by atoms with Gasteiger partial charge in [-0.2, -0.15) is 5.10 Å². The molecule has 6 heteroatoms. The second-order valence-corrected chi connectivity index (χ2v) is 8.01. The third kappa shape index (κ3) is 4.06. The van der Waals surface area contributed by atoms with E-state index in [1.165, 1.54) is 0 Å². The predicted molar refractivity (Wildman–Crippen MR) is 122 cm³/mol. The maximum Gasteiger partial charge on any atom is 0.246 e. The van der Waals surface area contributed by atoms with Crippen molar-refractivity contribution >= 4 is 18.1 Å². The highest BCUT2D eigenvalue weighted by Crippen LogP contribution is 2.32. The molecule has 156 valence electrons. The van der Waals surface area contributed by atoms with Gasteiger partial charge in [0.1, 0.15) is 0 Å². The van der Waals surface area contributed by atoms with E-state index in [9.17, 15) is 4.79 Å². The Balaban J connectivity index is 1.25. The number of hydrazone groups is 1. The van der Waals surface area contributed by atoms with Gasteiger partial charge in [0, 0.05) is 43.4 Å². The van der Waals surface area contributed by atoms with Gasteiger partial charge in [-0.1, -0.05) is 60.7 Å². The fraction of sp³-hybridized carbons (Fsp3) is 0.280. The van der Waals surface area contributed by atoms with Crippen molar-refractivity contribution in [2.75, 3.05) is 18.0 Å². The zero-order chi connectivity index (χ0) is 21.0. The summed E-state index contributed by atoms with van der Waals surface area (Å²) in [7, 11) is 0. The summed E-state index contributed by atoms with van der Waals surface area (Å²) in [4.78, 5) is 24.7. The van der Waals surface area contributed by atoms with Crippen LogP contribution >= 0.6 is 0 Å². The monoisotopic (exact) mass is 411 g/mol. The smallest absolute Gasteiger partial charge is 0.246 e. The standard InChI is InChI=1S/C25H25N5O/c31-24(30-23(12-16-27-30)20-9-5-2-6-10-20)21-13-17-29(18-14-21)25-26-15-11-22(28-25)19-7-3-1-4-8-19/h1-11,15-16,21,23H,12-14,17-18H2/t23-/m0/s1. The lowest BCUT2D eigenvalue weighted by Gasteiger charge is -2.33. The highest BCUT2D eigenvalue weighted by atomic mass is 16.2. The normalized spacial score (nSPS) is 19.0. The van der Waals surface area contributed by atoms with E-state index < -0.39 is 0 Å². The molecule has 0 aliphatic carbocycles. The fourth-order valence-electron chi connectivity index (χ4n) is 4.36. The van der Waals surface area contributed by atoms with Crippen LogP contribution in [0.1, 0.15) is 30.9 Å². The molecule has 0 spiro atoms. The number of anilines is 1. The number of rotatable bonds is 4. The van der Waals surface area contributed by atoms with Crippen LogP contribution in [0, 0.1) is 5.92 Å². The van der Waals surface area contributed by atoms with E-state index in [2.05, 4.69) is 39.3 Å². The molecule has 0 N–H and O–H groups in total. The summed E-state index contributed by atoms with van der Waals surface area (Å²) < 4.78 is 0. The van der Waals surface area contributed by atoms with E-state index in [-0.39, 0.29) is 17.9 Å². The lowest BCUT2D eigenvalue weighted by molar-refractivity contribution is -0.138. The number of nitrogens with zero attached hydrogens (tertiary/aromatic N) is 5. The van der Waals surface area contributed by atoms with Crippen molar-refractivity contribution in [3.05, 3.63) is 78.5 Å². The van der Waals surface area contributed by atoms with E-state index in [1.54, 1.807) is 5.01 Å². The molecule has 2 aliphatic rings. The summed E-state index contributed by atoms with van der Waals surface area (Å²) in [6.07, 6.45) is 6.00. The number of amides is 1. The molecule has 0 unspecified atom stereocenters. The maximum absolute atomic E-state index is 13.2. The van der Waals surface area contributed by atoms with Crippen molar-refractivity contribution in [1.29, 1.82) is 0 Å². The van der Waals surface area contributed by atoms with Crippen LogP contribution in [0.2, 0.25) is 0 Å². The third-order valence-corrected chi connectivity index (χ3v) is 6.08. The topological polar surface area (TPSA) is 61.7 Å². The average molecular weight is 412 g/mol. The van der Waals surface area contributed by atoms with Gasteiger partial charge in [-0.3, -0.25) is 4.79 Å². The Kier molecular flexibility index (Phi) is 5.44. The molecule has 0 saturated carbocycles. The number of benzene rings is 2. The van der Waals surface area contributed by atoms with E-state index >= 15 is 0 Å². The number of piperidine rings is 1. The van der Waals surface area contributed by atoms with Gasteiger partial charge in [0.05, 0.1) is 11.7 Å². The Morgan fingerprint density at radius 3 is 2.35 bits per heavy atom. The molecule has 6 nitrogen and oxygen atoms in total. The van der Waals surface area contributed by atoms with E-state index in [4.69, 9.17) is 4.98 Å². The van der Waals surface area contributed by atoms with Crippen LogP contribution in [0.3, 0.4) is 0 Å². The highest BCUT2D eigenvalue weighted by molar-refractivity contribution is 5.82. The van der Waals surface area contributed by atoms with Crippen molar-refractivity contribution in [3.8, 4) is 11.3 Å². The van der Waals surface area contributed by atoms with Crippen molar-refractivity contribution in [2.24, 2.45) is 11.0 Å². The number of hydrogen-bond acceptors (Lipinski definition) is 5. The van der Waals surface area contributed by atoms with Gasteiger partial charge in [0.2, 0.25) is 11.9 Å². The molecule has 2 aliphatic heterocycles. The summed E-state index contributed by atoms with van der Waals surface area (Å²) in [6.45, 7) is 1.53. The molecule has 3 heterocycles. The molecule has 1 atom stereocenters. The first kappa shape index (κ1) is 19.4. The lowest BCUT2D eigenvalue weighted by atomic mass is 9.94. The van der Waals surface area contributed by atoms with Crippen molar-refractivity contribution < 1.29 is 4.79 Å². The third-order valence-electron chi connectivity index (χ3n) is 6.08. The number of carbonyl (C=O) groups excluding carboxylic acids is 1. The van der Waals surface area contributed by atoms with Gasteiger partial charge in [0.25, 0.3) is 0 Å². The highest BCUT2D eigenvalue weighted by Gasteiger charge is 2.35. The van der Waals surface area contributed by atoms with Crippen molar-refractivity contribution in [1.82, 2.24) is 15.0 Å². The van der Waals surface area contributed by atoms with Gasteiger partial charge in [-0.25, -0.2) is 15.0 Å². The van der Waals surface area contributed by atoms with Crippen molar-refractivity contribution in [2.45, 2.75) is 25.3 Å². The number of hydrogen-bond donors (Lipinski definition) is 0. The van der Waals surface area contributed by atoms with E-state index in [0.717, 1.165) is 55.1 Å². The largest absolute Gasteiger partial charge is 0.341 e. The van der Waals surface area contributed by atoms with Crippen LogP contribution in [0.4, 0.5) is 5.95 Å². The van der Waals surface area contributed by atoms with Gasteiger partial charge in [-0.05, 0) is 24.5 Å². The zero-order valence-electron chi connectivity index (χ0n) is 17.3. The fourth-order valence-corrected chi connectivity index (χ4v) is 4.36. The van der Waals surface area contributed by atoms with Crippen molar-refractivity contribution in [3.63, 3.8) is 0 Å². The summed E-state index contributed by atoms with van der Waals surface area (Å²) in [6, 6.07) is 22.2. The summed E-state index contributed by atoms with van der Waals surface area (Å²) in [5, 5.41) is 6.11. The maximum atomic E-state index is 13.2. The Morgan fingerprint density at radius 1 is 0.903 bits per heavy atom. The van der Waals surface area contributed by atoms with Crippen LogP contribution in [-0.4, -0.2) is 40.2 Å². The first-order chi connectivity index (χ1) is 15.3. The summed E-state index contributed by atoms with van der Waals surface area (Å²) in [5.74, 6) is 0.838. The molecule has 1 amide bonds. The molecule has 0 radical (unpaired) electrons. The first-order valence-electron chi connectivity index (χ1n) is 10.8. The molecule has 3 aromatic rings. The molecule has 1 fully saturated rings. The second kappa shape index (κ2) is 8.68. The Bertz CT molecular complexity index is 1060. The van der Waals surface area contributed by atoms with Gasteiger partial charge in [0.15, 0.2) is 0 Å². The first-order valence-corrected chi connectivity index (χ1v) is 10.8. The van der Waals surface area contributed by atoms with Crippen LogP contribution in [0.5, 0.6) is 0 Å². The second-order valence-electron chi connectivity index (χ2n) is 8.01. The van der Waals surface area contributed by atoms with Gasteiger partial charge < -0.3 is 4.90 Å². The molecular weight excluding hydrogens is 386 g/mol. The van der Waals surface area contributed by atoms with E-state index in [1.807, 2.05) is 54.9 Å². The Hall–Kier alpha value is -3.54. The SMILES string of the molecule is O=C(C1CCN(c2nccc(-c3ccccc3)n2)CC1)N1N=CC[C@H]1c1ccccc1. The van der Waals surface area contributed by atoms with Gasteiger partial charge in [-0.15, -0.1) is 0 Å². The minimum absolute atomic E-state index is 0.0117.